The fraction of sp³-hybridized carbons (Fsp3) is 0.200. The quantitative estimate of drug-likeness (QED) is 0.615. The van der Waals surface area contributed by atoms with Crippen LogP contribution in [0.2, 0.25) is 0 Å². The van der Waals surface area contributed by atoms with Crippen LogP contribution >= 0.6 is 0 Å². The number of carbonyl (C=O) groups is 2. The van der Waals surface area contributed by atoms with E-state index in [0.717, 1.165) is 11.6 Å². The van der Waals surface area contributed by atoms with Crippen molar-refractivity contribution in [3.05, 3.63) is 95.3 Å². The minimum absolute atomic E-state index is 0.208. The fourth-order valence-electron chi connectivity index (χ4n) is 2.72. The molecule has 0 aromatic heterocycles. The normalized spacial score (nSPS) is 10.9. The van der Waals surface area contributed by atoms with Crippen molar-refractivity contribution in [1.82, 2.24) is 5.32 Å². The maximum Gasteiger partial charge on any atom is 0.252 e. The van der Waals surface area contributed by atoms with Crippen molar-refractivity contribution in [2.45, 2.75) is 26.8 Å². The minimum Gasteiger partial charge on any atom is -0.495 e. The Morgan fingerprint density at radius 2 is 1.58 bits per heavy atom. The third kappa shape index (κ3) is 7.26. The van der Waals surface area contributed by atoms with Crippen LogP contribution in [-0.4, -0.2) is 25.0 Å². The Bertz CT molecular complexity index is 1020. The van der Waals surface area contributed by atoms with Crippen molar-refractivity contribution < 1.29 is 18.7 Å². The van der Waals surface area contributed by atoms with Gasteiger partial charge in [0.25, 0.3) is 5.91 Å². The number of anilines is 1. The van der Waals surface area contributed by atoms with E-state index in [4.69, 9.17) is 4.74 Å². The van der Waals surface area contributed by atoms with Crippen molar-refractivity contribution >= 4 is 17.5 Å². The van der Waals surface area contributed by atoms with Crippen LogP contribution in [-0.2, 0) is 4.79 Å². The topological polar surface area (TPSA) is 67.4 Å². The van der Waals surface area contributed by atoms with E-state index >= 15 is 0 Å². The summed E-state index contributed by atoms with van der Waals surface area (Å²) in [6, 6.07) is 20.4. The van der Waals surface area contributed by atoms with Crippen LogP contribution < -0.4 is 15.4 Å². The third-order valence-corrected chi connectivity index (χ3v) is 4.49. The molecule has 6 heteroatoms. The van der Waals surface area contributed by atoms with E-state index in [0.29, 0.717) is 11.3 Å². The SMILES string of the molecule is COc1ccc(F)cc1NC(=O)C(C)NC(=O)c1ccccc1C.Cc1ccccc1. The third-order valence-electron chi connectivity index (χ3n) is 4.49. The molecule has 3 aromatic carbocycles. The summed E-state index contributed by atoms with van der Waals surface area (Å²) in [7, 11) is 1.42. The number of nitrogens with one attached hydrogen (secondary N) is 2. The first-order chi connectivity index (χ1) is 14.8. The number of hydrogen-bond donors (Lipinski definition) is 2. The molecule has 0 saturated carbocycles. The highest BCUT2D eigenvalue weighted by atomic mass is 19.1. The molecule has 0 heterocycles. The zero-order valence-corrected chi connectivity index (χ0v) is 18.1. The molecule has 0 fully saturated rings. The summed E-state index contributed by atoms with van der Waals surface area (Å²) in [5.41, 5.74) is 2.84. The van der Waals surface area contributed by atoms with Crippen LogP contribution in [0.3, 0.4) is 0 Å². The van der Waals surface area contributed by atoms with Crippen LogP contribution in [0.5, 0.6) is 5.75 Å². The van der Waals surface area contributed by atoms with E-state index in [9.17, 15) is 14.0 Å². The molecule has 162 valence electrons. The van der Waals surface area contributed by atoms with E-state index in [1.54, 1.807) is 19.1 Å². The summed E-state index contributed by atoms with van der Waals surface area (Å²) in [4.78, 5) is 24.5. The van der Waals surface area contributed by atoms with Crippen molar-refractivity contribution in [2.75, 3.05) is 12.4 Å². The van der Waals surface area contributed by atoms with E-state index in [1.807, 2.05) is 37.3 Å². The van der Waals surface area contributed by atoms with Crippen LogP contribution in [0.1, 0.15) is 28.4 Å². The average molecular weight is 423 g/mol. The molecule has 1 unspecified atom stereocenters. The zero-order chi connectivity index (χ0) is 22.8. The standard InChI is InChI=1S/C18H19FN2O3.C7H8/c1-11-6-4-5-7-14(11)18(23)20-12(2)17(22)21-15-10-13(19)8-9-16(15)24-3;1-7-5-3-2-4-6-7/h4-10,12H,1-3H3,(H,20,23)(H,21,22);2-6H,1H3. The number of carbonyl (C=O) groups excluding carboxylic acids is 2. The molecule has 3 rings (SSSR count). The van der Waals surface area contributed by atoms with Gasteiger partial charge in [-0.3, -0.25) is 9.59 Å². The molecule has 0 saturated heterocycles. The smallest absolute Gasteiger partial charge is 0.252 e. The second-order valence-corrected chi connectivity index (χ2v) is 7.00. The monoisotopic (exact) mass is 422 g/mol. The number of ether oxygens (including phenoxy) is 1. The first kappa shape index (κ1) is 23.6. The minimum atomic E-state index is -0.801. The van der Waals surface area contributed by atoms with E-state index < -0.39 is 17.8 Å². The highest BCUT2D eigenvalue weighted by Crippen LogP contribution is 2.25. The van der Waals surface area contributed by atoms with Gasteiger partial charge in [0.2, 0.25) is 5.91 Å². The van der Waals surface area contributed by atoms with Gasteiger partial charge in [-0.2, -0.15) is 0 Å². The molecule has 1 atom stereocenters. The largest absolute Gasteiger partial charge is 0.495 e. The van der Waals surface area contributed by atoms with Crippen LogP contribution in [0.15, 0.2) is 72.8 Å². The summed E-state index contributed by atoms with van der Waals surface area (Å²) in [5.74, 6) is -0.979. The maximum atomic E-state index is 13.3. The molecule has 0 radical (unpaired) electrons. The fourth-order valence-corrected chi connectivity index (χ4v) is 2.72. The van der Waals surface area contributed by atoms with Gasteiger partial charge in [-0.25, -0.2) is 4.39 Å². The van der Waals surface area contributed by atoms with Gasteiger partial charge in [0.1, 0.15) is 17.6 Å². The number of benzene rings is 3. The van der Waals surface area contributed by atoms with E-state index in [-0.39, 0.29) is 11.6 Å². The molecule has 0 aliphatic carbocycles. The van der Waals surface area contributed by atoms with Crippen molar-refractivity contribution in [2.24, 2.45) is 0 Å². The Balaban J connectivity index is 0.000000412. The van der Waals surface area contributed by atoms with Gasteiger partial charge in [-0.1, -0.05) is 54.1 Å². The van der Waals surface area contributed by atoms with Gasteiger partial charge in [0, 0.05) is 11.6 Å². The Labute approximate surface area is 182 Å². The lowest BCUT2D eigenvalue weighted by Gasteiger charge is -2.16. The number of hydrogen-bond acceptors (Lipinski definition) is 3. The summed E-state index contributed by atoms with van der Waals surface area (Å²) in [6.45, 7) is 5.45. The van der Waals surface area contributed by atoms with E-state index in [1.165, 1.54) is 24.8 Å². The van der Waals surface area contributed by atoms with Gasteiger partial charge in [-0.05, 0) is 44.5 Å². The summed E-state index contributed by atoms with van der Waals surface area (Å²) in [5, 5.41) is 5.18. The molecule has 0 aliphatic heterocycles. The van der Waals surface area contributed by atoms with Crippen molar-refractivity contribution in [3.8, 4) is 5.75 Å². The Morgan fingerprint density at radius 3 is 2.16 bits per heavy atom. The highest BCUT2D eigenvalue weighted by Gasteiger charge is 2.19. The van der Waals surface area contributed by atoms with Crippen molar-refractivity contribution in [1.29, 1.82) is 0 Å². The maximum absolute atomic E-state index is 13.3. The second kappa shape index (κ2) is 11.5. The van der Waals surface area contributed by atoms with Crippen LogP contribution in [0, 0.1) is 19.7 Å². The molecule has 0 spiro atoms. The molecule has 3 aromatic rings. The lowest BCUT2D eigenvalue weighted by molar-refractivity contribution is -0.117. The lowest BCUT2D eigenvalue weighted by Crippen LogP contribution is -2.41. The number of rotatable bonds is 5. The number of halogens is 1. The Kier molecular flexibility index (Phi) is 8.76. The first-order valence-corrected chi connectivity index (χ1v) is 9.84. The van der Waals surface area contributed by atoms with Crippen molar-refractivity contribution in [3.63, 3.8) is 0 Å². The second-order valence-electron chi connectivity index (χ2n) is 7.00. The molecule has 0 bridgehead atoms. The highest BCUT2D eigenvalue weighted by molar-refractivity contribution is 6.02. The molecule has 2 N–H and O–H groups in total. The van der Waals surface area contributed by atoms with Gasteiger partial charge in [-0.15, -0.1) is 0 Å². The van der Waals surface area contributed by atoms with Crippen LogP contribution in [0.25, 0.3) is 0 Å². The zero-order valence-electron chi connectivity index (χ0n) is 18.1. The molecular formula is C25H27FN2O3. The first-order valence-electron chi connectivity index (χ1n) is 9.84. The number of aryl methyl sites for hydroxylation is 2. The summed E-state index contributed by atoms with van der Waals surface area (Å²) < 4.78 is 18.4. The number of amides is 2. The van der Waals surface area contributed by atoms with Crippen LogP contribution in [0.4, 0.5) is 10.1 Å². The molecule has 5 nitrogen and oxygen atoms in total. The van der Waals surface area contributed by atoms with E-state index in [2.05, 4.69) is 29.7 Å². The predicted octanol–water partition coefficient (Wildman–Crippen LogP) is 4.89. The molecule has 0 aliphatic rings. The summed E-state index contributed by atoms with van der Waals surface area (Å²) in [6.07, 6.45) is 0. The predicted molar refractivity (Wildman–Crippen MR) is 121 cm³/mol. The lowest BCUT2D eigenvalue weighted by atomic mass is 10.1. The Morgan fingerprint density at radius 1 is 0.935 bits per heavy atom. The van der Waals surface area contributed by atoms with Gasteiger partial charge in [0.05, 0.1) is 12.8 Å². The molecular weight excluding hydrogens is 395 g/mol. The Hall–Kier alpha value is -3.67. The molecule has 2 amide bonds. The average Bonchev–Trinajstić information content (AvgIpc) is 2.75. The van der Waals surface area contributed by atoms with Gasteiger partial charge >= 0.3 is 0 Å². The van der Waals surface area contributed by atoms with Gasteiger partial charge in [0.15, 0.2) is 0 Å². The summed E-state index contributed by atoms with van der Waals surface area (Å²) >= 11 is 0. The number of methoxy groups -OCH3 is 1. The molecule has 31 heavy (non-hydrogen) atoms. The van der Waals surface area contributed by atoms with Gasteiger partial charge < -0.3 is 15.4 Å².